The molecule has 7 nitrogen and oxygen atoms in total. The molecule has 1 saturated heterocycles. The first-order chi connectivity index (χ1) is 12.2. The quantitative estimate of drug-likeness (QED) is 0.300. The summed E-state index contributed by atoms with van der Waals surface area (Å²) < 4.78 is 16.2. The highest BCUT2D eigenvalue weighted by atomic mass is 127. The number of guanidine groups is 1. The first kappa shape index (κ1) is 22.8. The van der Waals surface area contributed by atoms with Crippen molar-refractivity contribution in [3.05, 3.63) is 23.8 Å². The summed E-state index contributed by atoms with van der Waals surface area (Å²) in [6, 6.07) is 5.73. The summed E-state index contributed by atoms with van der Waals surface area (Å²) in [6.45, 7) is 2.88. The summed E-state index contributed by atoms with van der Waals surface area (Å²) in [5.41, 5.74) is 0.991. The Kier molecular flexibility index (Phi) is 10.0. The van der Waals surface area contributed by atoms with Crippen LogP contribution >= 0.6 is 24.0 Å². The van der Waals surface area contributed by atoms with Crippen LogP contribution in [0.15, 0.2) is 23.2 Å². The summed E-state index contributed by atoms with van der Waals surface area (Å²) in [4.78, 5) is 4.27. The Morgan fingerprint density at radius 2 is 2.12 bits per heavy atom. The van der Waals surface area contributed by atoms with Gasteiger partial charge in [0.2, 0.25) is 0 Å². The summed E-state index contributed by atoms with van der Waals surface area (Å²) in [5.74, 6) is 2.24. The first-order valence-corrected chi connectivity index (χ1v) is 8.50. The molecule has 26 heavy (non-hydrogen) atoms. The number of halogens is 1. The van der Waals surface area contributed by atoms with E-state index in [9.17, 15) is 5.11 Å². The molecule has 3 N–H and O–H groups in total. The molecule has 1 heterocycles. The van der Waals surface area contributed by atoms with Gasteiger partial charge in [-0.05, 0) is 25.0 Å². The van der Waals surface area contributed by atoms with Gasteiger partial charge >= 0.3 is 0 Å². The smallest absolute Gasteiger partial charge is 0.191 e. The van der Waals surface area contributed by atoms with E-state index in [0.717, 1.165) is 36.5 Å². The molecule has 0 spiro atoms. The maximum absolute atomic E-state index is 9.31. The van der Waals surface area contributed by atoms with Gasteiger partial charge in [0.15, 0.2) is 5.96 Å². The van der Waals surface area contributed by atoms with Crippen LogP contribution in [0.1, 0.15) is 18.4 Å². The monoisotopic (exact) mass is 479 g/mol. The van der Waals surface area contributed by atoms with E-state index >= 15 is 0 Å². The zero-order valence-corrected chi connectivity index (χ0v) is 18.0. The molecule has 0 saturated carbocycles. The number of nitrogens with zero attached hydrogens (tertiary/aromatic N) is 1. The van der Waals surface area contributed by atoms with Crippen molar-refractivity contribution in [1.29, 1.82) is 0 Å². The van der Waals surface area contributed by atoms with Crippen molar-refractivity contribution in [2.45, 2.75) is 19.4 Å². The number of hydrogen-bond donors (Lipinski definition) is 3. The van der Waals surface area contributed by atoms with Crippen molar-refractivity contribution >= 4 is 29.9 Å². The van der Waals surface area contributed by atoms with E-state index in [1.54, 1.807) is 21.3 Å². The van der Waals surface area contributed by atoms with Crippen LogP contribution in [0.2, 0.25) is 0 Å². The van der Waals surface area contributed by atoms with Gasteiger partial charge < -0.3 is 30.0 Å². The lowest BCUT2D eigenvalue weighted by molar-refractivity contribution is 0.127. The number of nitrogens with one attached hydrogen (secondary N) is 2. The molecule has 1 aromatic carbocycles. The Labute approximate surface area is 172 Å². The molecule has 1 aliphatic rings. The highest BCUT2D eigenvalue weighted by Gasteiger charge is 2.34. The van der Waals surface area contributed by atoms with Gasteiger partial charge in [0.1, 0.15) is 11.5 Å². The molecule has 1 fully saturated rings. The molecule has 2 rings (SSSR count). The lowest BCUT2D eigenvalue weighted by atomic mass is 9.84. The molecule has 0 aromatic heterocycles. The summed E-state index contributed by atoms with van der Waals surface area (Å²) >= 11 is 0. The predicted molar refractivity (Wildman–Crippen MR) is 113 cm³/mol. The highest BCUT2D eigenvalue weighted by molar-refractivity contribution is 14.0. The Morgan fingerprint density at radius 1 is 1.31 bits per heavy atom. The van der Waals surface area contributed by atoms with E-state index in [1.807, 2.05) is 18.2 Å². The van der Waals surface area contributed by atoms with E-state index in [4.69, 9.17) is 14.2 Å². The molecule has 0 radical (unpaired) electrons. The largest absolute Gasteiger partial charge is 0.497 e. The second kappa shape index (κ2) is 11.5. The Morgan fingerprint density at radius 3 is 2.69 bits per heavy atom. The van der Waals surface area contributed by atoms with Gasteiger partial charge in [-0.15, -0.1) is 24.0 Å². The number of aliphatic imine (C=N–C) groups is 1. The fourth-order valence-electron chi connectivity index (χ4n) is 2.98. The van der Waals surface area contributed by atoms with E-state index in [-0.39, 0.29) is 36.0 Å². The first-order valence-electron chi connectivity index (χ1n) is 8.50. The Bertz CT molecular complexity index is 578. The van der Waals surface area contributed by atoms with Crippen molar-refractivity contribution in [1.82, 2.24) is 10.6 Å². The molecule has 8 heteroatoms. The Balaban J connectivity index is 0.00000338. The minimum absolute atomic E-state index is 0. The topological polar surface area (TPSA) is 84.3 Å². The molecule has 0 bridgehead atoms. The van der Waals surface area contributed by atoms with Gasteiger partial charge in [-0.1, -0.05) is 0 Å². The lowest BCUT2D eigenvalue weighted by Crippen LogP contribution is -2.44. The average Bonchev–Trinajstić information content (AvgIpc) is 3.11. The zero-order chi connectivity index (χ0) is 18.1. The lowest BCUT2D eigenvalue weighted by Gasteiger charge is -2.27. The standard InChI is InChI=1S/C18H29N3O4.HI/c1-19-17(21-12-18(6-8-22)7-9-25-13-18)20-11-14-4-5-15(23-2)10-16(14)24-3;/h4-5,10,22H,6-9,11-13H2,1-3H3,(H2,19,20,21);1H. The van der Waals surface area contributed by atoms with Gasteiger partial charge in [0.05, 0.1) is 20.8 Å². The van der Waals surface area contributed by atoms with E-state index < -0.39 is 0 Å². The van der Waals surface area contributed by atoms with Gasteiger partial charge in [0.25, 0.3) is 0 Å². The zero-order valence-electron chi connectivity index (χ0n) is 15.7. The van der Waals surface area contributed by atoms with Crippen LogP contribution in [0.5, 0.6) is 11.5 Å². The molecule has 1 aromatic rings. The van der Waals surface area contributed by atoms with E-state index in [2.05, 4.69) is 15.6 Å². The molecular formula is C18H30IN3O4. The maximum atomic E-state index is 9.31. The van der Waals surface area contributed by atoms with Crippen molar-refractivity contribution in [3.8, 4) is 11.5 Å². The number of methoxy groups -OCH3 is 2. The second-order valence-electron chi connectivity index (χ2n) is 6.23. The van der Waals surface area contributed by atoms with Crippen LogP contribution < -0.4 is 20.1 Å². The number of aliphatic hydroxyl groups excluding tert-OH is 1. The third kappa shape index (κ3) is 6.17. The van der Waals surface area contributed by atoms with Crippen LogP contribution in [-0.2, 0) is 11.3 Å². The molecule has 1 unspecified atom stereocenters. The van der Waals surface area contributed by atoms with E-state index in [1.165, 1.54) is 0 Å². The summed E-state index contributed by atoms with van der Waals surface area (Å²) in [6.07, 6.45) is 1.67. The highest BCUT2D eigenvalue weighted by Crippen LogP contribution is 2.31. The van der Waals surface area contributed by atoms with Crippen molar-refractivity contribution in [2.24, 2.45) is 10.4 Å². The predicted octanol–water partition coefficient (Wildman–Crippen LogP) is 1.78. The number of hydrogen-bond acceptors (Lipinski definition) is 5. The summed E-state index contributed by atoms with van der Waals surface area (Å²) in [5, 5.41) is 16.0. The molecule has 148 valence electrons. The molecular weight excluding hydrogens is 449 g/mol. The van der Waals surface area contributed by atoms with Gasteiger partial charge in [0, 0.05) is 50.4 Å². The van der Waals surface area contributed by atoms with Crippen LogP contribution in [0.25, 0.3) is 0 Å². The molecule has 0 aliphatic carbocycles. The van der Waals surface area contributed by atoms with Crippen LogP contribution in [0.3, 0.4) is 0 Å². The van der Waals surface area contributed by atoms with Gasteiger partial charge in [-0.3, -0.25) is 4.99 Å². The normalized spacial score (nSPS) is 19.6. The molecule has 1 atom stereocenters. The van der Waals surface area contributed by atoms with Crippen LogP contribution in [-0.4, -0.2) is 58.7 Å². The number of aliphatic hydroxyl groups is 1. The van der Waals surface area contributed by atoms with Crippen molar-refractivity contribution in [2.75, 3.05) is 47.6 Å². The second-order valence-corrected chi connectivity index (χ2v) is 6.23. The SMILES string of the molecule is CN=C(NCc1ccc(OC)cc1OC)NCC1(CCO)CCOC1.I. The number of benzene rings is 1. The summed E-state index contributed by atoms with van der Waals surface area (Å²) in [7, 11) is 5.02. The van der Waals surface area contributed by atoms with Crippen LogP contribution in [0.4, 0.5) is 0 Å². The van der Waals surface area contributed by atoms with Crippen molar-refractivity contribution < 1.29 is 19.3 Å². The number of rotatable bonds is 8. The molecule has 1 aliphatic heterocycles. The maximum Gasteiger partial charge on any atom is 0.191 e. The minimum Gasteiger partial charge on any atom is -0.497 e. The minimum atomic E-state index is -0.0236. The molecule has 0 amide bonds. The third-order valence-corrected chi connectivity index (χ3v) is 4.62. The van der Waals surface area contributed by atoms with Gasteiger partial charge in [-0.2, -0.15) is 0 Å². The van der Waals surface area contributed by atoms with Crippen LogP contribution in [0, 0.1) is 5.41 Å². The average molecular weight is 479 g/mol. The fourth-order valence-corrected chi connectivity index (χ4v) is 2.98. The Hall–Kier alpha value is -1.26. The fraction of sp³-hybridized carbons (Fsp3) is 0.611. The van der Waals surface area contributed by atoms with Gasteiger partial charge in [-0.25, -0.2) is 0 Å². The third-order valence-electron chi connectivity index (χ3n) is 4.62. The van der Waals surface area contributed by atoms with Crippen molar-refractivity contribution in [3.63, 3.8) is 0 Å². The van der Waals surface area contributed by atoms with E-state index in [0.29, 0.717) is 25.7 Å². The number of ether oxygens (including phenoxy) is 3.